The number of nitrogens with zero attached hydrogens (tertiary/aromatic N) is 3. The van der Waals surface area contributed by atoms with Gasteiger partial charge < -0.3 is 15.1 Å². The van der Waals surface area contributed by atoms with E-state index in [0.29, 0.717) is 25.8 Å². The Morgan fingerprint density at radius 3 is 2.23 bits per heavy atom. The minimum Gasteiger partial charge on any atom is -0.369 e. The summed E-state index contributed by atoms with van der Waals surface area (Å²) >= 11 is 0. The van der Waals surface area contributed by atoms with Crippen molar-refractivity contribution in [2.75, 3.05) is 57.3 Å². The van der Waals surface area contributed by atoms with Gasteiger partial charge in [0.2, 0.25) is 11.8 Å². The van der Waals surface area contributed by atoms with E-state index in [2.05, 4.69) is 29.0 Å². The van der Waals surface area contributed by atoms with Crippen LogP contribution in [0.1, 0.15) is 46.0 Å². The number of halogens is 1. The minimum absolute atomic E-state index is 0.0188. The van der Waals surface area contributed by atoms with E-state index in [4.69, 9.17) is 0 Å². The second kappa shape index (κ2) is 13.2. The van der Waals surface area contributed by atoms with Crippen LogP contribution < -0.4 is 10.2 Å². The fourth-order valence-corrected chi connectivity index (χ4v) is 3.78. The number of hydrogen-bond donors (Lipinski definition) is 1. The number of amides is 2. The quantitative estimate of drug-likeness (QED) is 0.565. The predicted octanol–water partition coefficient (Wildman–Crippen LogP) is 2.88. The molecule has 168 valence electrons. The zero-order chi connectivity index (χ0) is 21.8. The van der Waals surface area contributed by atoms with Crippen LogP contribution in [0.3, 0.4) is 0 Å². The van der Waals surface area contributed by atoms with E-state index in [9.17, 15) is 14.0 Å². The van der Waals surface area contributed by atoms with Gasteiger partial charge in [-0.1, -0.05) is 13.8 Å². The monoisotopic (exact) mass is 420 g/mol. The van der Waals surface area contributed by atoms with Crippen molar-refractivity contribution >= 4 is 17.5 Å². The lowest BCUT2D eigenvalue weighted by atomic mass is 10.2. The van der Waals surface area contributed by atoms with E-state index in [1.165, 1.54) is 12.1 Å². The van der Waals surface area contributed by atoms with Gasteiger partial charge in [-0.2, -0.15) is 0 Å². The van der Waals surface area contributed by atoms with Crippen LogP contribution in [0.15, 0.2) is 24.3 Å². The van der Waals surface area contributed by atoms with Crippen molar-refractivity contribution in [3.63, 3.8) is 0 Å². The van der Waals surface area contributed by atoms with Crippen molar-refractivity contribution in [2.24, 2.45) is 0 Å². The summed E-state index contributed by atoms with van der Waals surface area (Å²) in [4.78, 5) is 30.8. The first kappa shape index (κ1) is 24.1. The highest BCUT2D eigenvalue weighted by molar-refractivity contribution is 5.78. The molecule has 0 saturated carbocycles. The Balaban J connectivity index is 1.57. The number of rotatable bonds is 12. The first-order valence-corrected chi connectivity index (χ1v) is 11.3. The standard InChI is InChI=1S/C23H37FN4O2/c1-3-13-28(14-4-2)23(30)7-5-6-22(29)25-12-15-26-16-18-27(19-17-26)21-10-8-20(24)9-11-21/h8-11H,3-7,12-19H2,1-2H3,(H,25,29). The number of carbonyl (C=O) groups is 2. The van der Waals surface area contributed by atoms with Gasteiger partial charge in [0.25, 0.3) is 0 Å². The average molecular weight is 421 g/mol. The van der Waals surface area contributed by atoms with Crippen molar-refractivity contribution in [3.05, 3.63) is 30.1 Å². The van der Waals surface area contributed by atoms with Crippen LogP contribution in [-0.4, -0.2) is 74.0 Å². The van der Waals surface area contributed by atoms with Crippen LogP contribution >= 0.6 is 0 Å². The largest absolute Gasteiger partial charge is 0.369 e. The molecule has 7 heteroatoms. The number of nitrogens with one attached hydrogen (secondary N) is 1. The van der Waals surface area contributed by atoms with Crippen LogP contribution in [0.4, 0.5) is 10.1 Å². The lowest BCUT2D eigenvalue weighted by Crippen LogP contribution is -2.48. The molecule has 0 unspecified atom stereocenters. The Morgan fingerprint density at radius 2 is 1.63 bits per heavy atom. The Bertz CT molecular complexity index is 639. The highest BCUT2D eigenvalue weighted by Crippen LogP contribution is 2.16. The van der Waals surface area contributed by atoms with Crippen molar-refractivity contribution in [2.45, 2.75) is 46.0 Å². The third-order valence-electron chi connectivity index (χ3n) is 5.45. The molecule has 1 aliphatic rings. The molecule has 1 aromatic rings. The van der Waals surface area contributed by atoms with Crippen molar-refractivity contribution < 1.29 is 14.0 Å². The normalized spacial score (nSPS) is 14.6. The molecule has 0 radical (unpaired) electrons. The van der Waals surface area contributed by atoms with E-state index < -0.39 is 0 Å². The van der Waals surface area contributed by atoms with Crippen LogP contribution in [0.25, 0.3) is 0 Å². The lowest BCUT2D eigenvalue weighted by molar-refractivity contribution is -0.131. The third kappa shape index (κ3) is 8.30. The highest BCUT2D eigenvalue weighted by Gasteiger charge is 2.17. The molecule has 1 saturated heterocycles. The molecule has 30 heavy (non-hydrogen) atoms. The van der Waals surface area contributed by atoms with Crippen molar-refractivity contribution in [3.8, 4) is 0 Å². The molecule has 0 spiro atoms. The van der Waals surface area contributed by atoms with E-state index in [0.717, 1.165) is 64.3 Å². The highest BCUT2D eigenvalue weighted by atomic mass is 19.1. The molecule has 2 rings (SSSR count). The maximum Gasteiger partial charge on any atom is 0.222 e. The fraction of sp³-hybridized carbons (Fsp3) is 0.652. The fourth-order valence-electron chi connectivity index (χ4n) is 3.78. The maximum atomic E-state index is 13.1. The topological polar surface area (TPSA) is 55.9 Å². The predicted molar refractivity (Wildman–Crippen MR) is 119 cm³/mol. The molecular weight excluding hydrogens is 383 g/mol. The van der Waals surface area contributed by atoms with Gasteiger partial charge in [0.15, 0.2) is 0 Å². The van der Waals surface area contributed by atoms with Crippen molar-refractivity contribution in [1.82, 2.24) is 15.1 Å². The Labute approximate surface area is 180 Å². The smallest absolute Gasteiger partial charge is 0.222 e. The van der Waals surface area contributed by atoms with E-state index in [-0.39, 0.29) is 17.6 Å². The zero-order valence-corrected chi connectivity index (χ0v) is 18.5. The van der Waals surface area contributed by atoms with Gasteiger partial charge in [0, 0.05) is 70.9 Å². The van der Waals surface area contributed by atoms with E-state index >= 15 is 0 Å². The van der Waals surface area contributed by atoms with E-state index in [1.807, 2.05) is 17.0 Å². The van der Waals surface area contributed by atoms with Gasteiger partial charge in [-0.05, 0) is 43.5 Å². The zero-order valence-electron chi connectivity index (χ0n) is 18.5. The molecule has 0 aliphatic carbocycles. The van der Waals surface area contributed by atoms with Gasteiger partial charge in [-0.3, -0.25) is 14.5 Å². The third-order valence-corrected chi connectivity index (χ3v) is 5.45. The summed E-state index contributed by atoms with van der Waals surface area (Å²) < 4.78 is 13.1. The van der Waals surface area contributed by atoms with Crippen LogP contribution in [0.5, 0.6) is 0 Å². The van der Waals surface area contributed by atoms with Crippen LogP contribution in [0, 0.1) is 5.82 Å². The summed E-state index contributed by atoms with van der Waals surface area (Å²) in [6.07, 6.45) is 3.37. The second-order valence-electron chi connectivity index (χ2n) is 7.89. The summed E-state index contributed by atoms with van der Waals surface area (Å²) in [6.45, 7) is 10.8. The summed E-state index contributed by atoms with van der Waals surface area (Å²) in [5, 5.41) is 2.97. The molecule has 1 heterocycles. The summed E-state index contributed by atoms with van der Waals surface area (Å²) in [5.74, 6) is -0.0347. The molecule has 6 nitrogen and oxygen atoms in total. The number of benzene rings is 1. The van der Waals surface area contributed by atoms with E-state index in [1.54, 1.807) is 0 Å². The minimum atomic E-state index is -0.211. The molecule has 1 fully saturated rings. The van der Waals surface area contributed by atoms with Gasteiger partial charge >= 0.3 is 0 Å². The number of hydrogen-bond acceptors (Lipinski definition) is 4. The molecule has 1 N–H and O–H groups in total. The first-order valence-electron chi connectivity index (χ1n) is 11.3. The number of carbonyl (C=O) groups excluding carboxylic acids is 2. The van der Waals surface area contributed by atoms with Gasteiger partial charge in [0.05, 0.1) is 0 Å². The number of piperazine rings is 1. The molecule has 1 aliphatic heterocycles. The second-order valence-corrected chi connectivity index (χ2v) is 7.89. The molecule has 0 atom stereocenters. The SMILES string of the molecule is CCCN(CCC)C(=O)CCCC(=O)NCCN1CCN(c2ccc(F)cc2)CC1. The van der Waals surface area contributed by atoms with Gasteiger partial charge in [-0.15, -0.1) is 0 Å². The summed E-state index contributed by atoms with van der Waals surface area (Å²) in [7, 11) is 0. The Morgan fingerprint density at radius 1 is 1.00 bits per heavy atom. The van der Waals surface area contributed by atoms with Gasteiger partial charge in [0.1, 0.15) is 5.82 Å². The van der Waals surface area contributed by atoms with Gasteiger partial charge in [-0.25, -0.2) is 4.39 Å². The maximum absolute atomic E-state index is 13.1. The van der Waals surface area contributed by atoms with Crippen molar-refractivity contribution in [1.29, 1.82) is 0 Å². The molecule has 0 aromatic heterocycles. The summed E-state index contributed by atoms with van der Waals surface area (Å²) in [5.41, 5.74) is 1.05. The van der Waals surface area contributed by atoms with Crippen LogP contribution in [0.2, 0.25) is 0 Å². The average Bonchev–Trinajstić information content (AvgIpc) is 2.74. The Hall–Kier alpha value is -2.15. The molecule has 1 aromatic carbocycles. The molecular formula is C23H37FN4O2. The lowest BCUT2D eigenvalue weighted by Gasteiger charge is -2.36. The summed E-state index contributed by atoms with van der Waals surface area (Å²) in [6, 6.07) is 6.63. The first-order chi connectivity index (χ1) is 14.5. The Kier molecular flexibility index (Phi) is 10.6. The number of anilines is 1. The molecule has 0 bridgehead atoms. The molecule has 2 amide bonds. The van der Waals surface area contributed by atoms with Crippen LogP contribution in [-0.2, 0) is 9.59 Å².